The van der Waals surface area contributed by atoms with Crippen molar-refractivity contribution in [3.8, 4) is 0 Å². The zero-order valence-corrected chi connectivity index (χ0v) is 16.6. The fourth-order valence-corrected chi connectivity index (χ4v) is 4.07. The lowest BCUT2D eigenvalue weighted by molar-refractivity contribution is -0.121. The molecule has 1 fully saturated rings. The predicted octanol–water partition coefficient (Wildman–Crippen LogP) is 2.12. The fourth-order valence-electron chi connectivity index (χ4n) is 3.43. The van der Waals surface area contributed by atoms with E-state index in [1.807, 2.05) is 11.4 Å². The standard InChI is InChI=1S/C19H31N3O3S/c1-3-15(4-2)16(22-9-11-25-12-10-22)14-21-18(23)7-8-20-19(24)17-6-5-13-26-17/h5-6,13,15-16H,3-4,7-12,14H2,1-2H3,(H,20,24)(H,21,23). The third-order valence-corrected chi connectivity index (χ3v) is 5.87. The normalized spacial score (nSPS) is 16.4. The van der Waals surface area contributed by atoms with Crippen molar-refractivity contribution in [1.29, 1.82) is 0 Å². The molecule has 146 valence electrons. The SMILES string of the molecule is CCC(CC)C(CNC(=O)CCNC(=O)c1cccs1)N1CCOCC1. The molecule has 2 amide bonds. The lowest BCUT2D eigenvalue weighted by atomic mass is 9.92. The Balaban J connectivity index is 1.75. The number of morpholine rings is 1. The molecule has 1 atom stereocenters. The first-order valence-electron chi connectivity index (χ1n) is 9.55. The Kier molecular flexibility index (Phi) is 9.08. The molecule has 1 aliphatic heterocycles. The molecular formula is C19H31N3O3S. The molecule has 0 bridgehead atoms. The second-order valence-corrected chi connectivity index (χ2v) is 7.53. The number of carbonyl (C=O) groups excluding carboxylic acids is 2. The first kappa shape index (κ1) is 20.9. The van der Waals surface area contributed by atoms with Gasteiger partial charge in [0.05, 0.1) is 18.1 Å². The largest absolute Gasteiger partial charge is 0.379 e. The van der Waals surface area contributed by atoms with Crippen LogP contribution in [0.2, 0.25) is 0 Å². The van der Waals surface area contributed by atoms with E-state index >= 15 is 0 Å². The Hall–Kier alpha value is -1.44. The van der Waals surface area contributed by atoms with E-state index in [9.17, 15) is 9.59 Å². The van der Waals surface area contributed by atoms with Crippen LogP contribution in [0.3, 0.4) is 0 Å². The van der Waals surface area contributed by atoms with Crippen molar-refractivity contribution in [2.75, 3.05) is 39.4 Å². The van der Waals surface area contributed by atoms with Gasteiger partial charge in [0.15, 0.2) is 0 Å². The van der Waals surface area contributed by atoms with Gasteiger partial charge in [-0.25, -0.2) is 0 Å². The zero-order valence-electron chi connectivity index (χ0n) is 15.8. The molecule has 2 N–H and O–H groups in total. The number of hydrogen-bond acceptors (Lipinski definition) is 5. The summed E-state index contributed by atoms with van der Waals surface area (Å²) in [5, 5.41) is 7.73. The van der Waals surface area contributed by atoms with Crippen molar-refractivity contribution in [3.05, 3.63) is 22.4 Å². The Morgan fingerprint density at radius 2 is 1.96 bits per heavy atom. The van der Waals surface area contributed by atoms with Gasteiger partial charge in [-0.1, -0.05) is 32.8 Å². The predicted molar refractivity (Wildman–Crippen MR) is 105 cm³/mol. The first-order valence-corrected chi connectivity index (χ1v) is 10.4. The summed E-state index contributed by atoms with van der Waals surface area (Å²) in [5.74, 6) is 0.434. The van der Waals surface area contributed by atoms with E-state index in [0.29, 0.717) is 36.3 Å². The fraction of sp³-hybridized carbons (Fsp3) is 0.684. The zero-order chi connectivity index (χ0) is 18.8. The molecule has 26 heavy (non-hydrogen) atoms. The molecule has 0 radical (unpaired) electrons. The number of nitrogens with zero attached hydrogens (tertiary/aromatic N) is 1. The molecule has 0 spiro atoms. The minimum atomic E-state index is -0.115. The van der Waals surface area contributed by atoms with E-state index < -0.39 is 0 Å². The van der Waals surface area contributed by atoms with Crippen molar-refractivity contribution in [3.63, 3.8) is 0 Å². The number of ether oxygens (including phenoxy) is 1. The van der Waals surface area contributed by atoms with Crippen LogP contribution < -0.4 is 10.6 Å². The minimum absolute atomic E-state index is 0.0132. The molecular weight excluding hydrogens is 350 g/mol. The van der Waals surface area contributed by atoms with E-state index in [2.05, 4.69) is 29.4 Å². The summed E-state index contributed by atoms with van der Waals surface area (Å²) in [5.41, 5.74) is 0. The maximum absolute atomic E-state index is 12.2. The van der Waals surface area contributed by atoms with Gasteiger partial charge in [0, 0.05) is 38.6 Å². The Bertz CT molecular complexity index is 540. The van der Waals surface area contributed by atoms with Crippen LogP contribution in [0, 0.1) is 5.92 Å². The van der Waals surface area contributed by atoms with Crippen LogP contribution in [0.5, 0.6) is 0 Å². The van der Waals surface area contributed by atoms with E-state index in [1.165, 1.54) is 11.3 Å². The van der Waals surface area contributed by atoms with Crippen LogP contribution in [0.25, 0.3) is 0 Å². The lowest BCUT2D eigenvalue weighted by Gasteiger charge is -2.38. The van der Waals surface area contributed by atoms with Crippen LogP contribution in [0.15, 0.2) is 17.5 Å². The first-order chi connectivity index (χ1) is 12.7. The van der Waals surface area contributed by atoms with Gasteiger partial charge in [-0.3, -0.25) is 14.5 Å². The van der Waals surface area contributed by atoms with E-state index in [4.69, 9.17) is 4.74 Å². The molecule has 1 aliphatic rings. The number of rotatable bonds is 10. The van der Waals surface area contributed by atoms with E-state index in [0.717, 1.165) is 39.1 Å². The van der Waals surface area contributed by atoms with E-state index in [1.54, 1.807) is 6.07 Å². The second kappa shape index (κ2) is 11.3. The van der Waals surface area contributed by atoms with Crippen LogP contribution in [-0.4, -0.2) is 62.1 Å². The molecule has 1 aromatic heterocycles. The van der Waals surface area contributed by atoms with Crippen LogP contribution in [-0.2, 0) is 9.53 Å². The highest BCUT2D eigenvalue weighted by atomic mass is 32.1. The molecule has 1 aromatic rings. The van der Waals surface area contributed by atoms with Gasteiger partial charge < -0.3 is 15.4 Å². The molecule has 0 aliphatic carbocycles. The summed E-state index contributed by atoms with van der Waals surface area (Å²) in [6, 6.07) is 3.97. The third-order valence-electron chi connectivity index (χ3n) is 5.00. The molecule has 1 unspecified atom stereocenters. The number of thiophene rings is 1. The molecule has 6 nitrogen and oxygen atoms in total. The quantitative estimate of drug-likeness (QED) is 0.651. The van der Waals surface area contributed by atoms with Gasteiger partial charge >= 0.3 is 0 Å². The number of amides is 2. The van der Waals surface area contributed by atoms with Gasteiger partial charge in [0.2, 0.25) is 5.91 Å². The van der Waals surface area contributed by atoms with Crippen LogP contribution in [0.4, 0.5) is 0 Å². The Morgan fingerprint density at radius 3 is 2.58 bits per heavy atom. The van der Waals surface area contributed by atoms with Crippen molar-refractivity contribution in [1.82, 2.24) is 15.5 Å². The van der Waals surface area contributed by atoms with Gasteiger partial charge in [-0.2, -0.15) is 0 Å². The number of hydrogen-bond donors (Lipinski definition) is 2. The average molecular weight is 382 g/mol. The van der Waals surface area contributed by atoms with Crippen molar-refractivity contribution in [2.45, 2.75) is 39.2 Å². The minimum Gasteiger partial charge on any atom is -0.379 e. The van der Waals surface area contributed by atoms with E-state index in [-0.39, 0.29) is 11.8 Å². The van der Waals surface area contributed by atoms with Gasteiger partial charge in [0.25, 0.3) is 5.91 Å². The van der Waals surface area contributed by atoms with Crippen molar-refractivity contribution >= 4 is 23.2 Å². The third kappa shape index (κ3) is 6.37. The lowest BCUT2D eigenvalue weighted by Crippen LogP contribution is -2.52. The van der Waals surface area contributed by atoms with Gasteiger partial charge in [-0.05, 0) is 17.4 Å². The summed E-state index contributed by atoms with van der Waals surface area (Å²) < 4.78 is 5.46. The maximum atomic E-state index is 12.2. The Morgan fingerprint density at radius 1 is 1.23 bits per heavy atom. The van der Waals surface area contributed by atoms with Gasteiger partial charge in [-0.15, -0.1) is 11.3 Å². The molecule has 0 aromatic carbocycles. The van der Waals surface area contributed by atoms with Gasteiger partial charge in [0.1, 0.15) is 0 Å². The summed E-state index contributed by atoms with van der Waals surface area (Å²) in [6.45, 7) is 8.81. The highest BCUT2D eigenvalue weighted by molar-refractivity contribution is 7.12. The monoisotopic (exact) mass is 381 g/mol. The summed E-state index contributed by atoms with van der Waals surface area (Å²) >= 11 is 1.40. The molecule has 7 heteroatoms. The molecule has 0 saturated carbocycles. The second-order valence-electron chi connectivity index (χ2n) is 6.58. The number of carbonyl (C=O) groups is 2. The molecule has 2 rings (SSSR count). The van der Waals surface area contributed by atoms with Crippen molar-refractivity contribution in [2.24, 2.45) is 5.92 Å². The summed E-state index contributed by atoms with van der Waals surface area (Å²) in [4.78, 5) is 27.2. The highest BCUT2D eigenvalue weighted by Crippen LogP contribution is 2.19. The van der Waals surface area contributed by atoms with Crippen molar-refractivity contribution < 1.29 is 14.3 Å². The number of nitrogens with one attached hydrogen (secondary N) is 2. The topological polar surface area (TPSA) is 70.7 Å². The smallest absolute Gasteiger partial charge is 0.261 e. The summed E-state index contributed by atoms with van der Waals surface area (Å²) in [6.07, 6.45) is 2.51. The Labute approximate surface area is 160 Å². The average Bonchev–Trinajstić information content (AvgIpc) is 3.20. The molecule has 1 saturated heterocycles. The van der Waals surface area contributed by atoms with Crippen LogP contribution in [0.1, 0.15) is 42.8 Å². The summed E-state index contributed by atoms with van der Waals surface area (Å²) in [7, 11) is 0. The maximum Gasteiger partial charge on any atom is 0.261 e. The molecule has 2 heterocycles. The van der Waals surface area contributed by atoms with Crippen LogP contribution >= 0.6 is 11.3 Å². The highest BCUT2D eigenvalue weighted by Gasteiger charge is 2.27.